The third kappa shape index (κ3) is 3.68. The lowest BCUT2D eigenvalue weighted by atomic mass is 9.96. The Kier molecular flexibility index (Phi) is 5.33. The van der Waals surface area contributed by atoms with Gasteiger partial charge in [0, 0.05) is 33.2 Å². The number of carbonyl (C=O) groups excluding carboxylic acids is 1. The number of benzene rings is 1. The van der Waals surface area contributed by atoms with Crippen LogP contribution >= 0.6 is 11.3 Å². The fraction of sp³-hybridized carbons (Fsp3) is 0.529. The highest BCUT2D eigenvalue weighted by Crippen LogP contribution is 2.22. The van der Waals surface area contributed by atoms with Crippen molar-refractivity contribution in [3.8, 4) is 0 Å². The first-order chi connectivity index (χ1) is 11.6. The van der Waals surface area contributed by atoms with Gasteiger partial charge in [-0.25, -0.2) is 0 Å². The van der Waals surface area contributed by atoms with E-state index in [1.807, 2.05) is 6.07 Å². The largest absolute Gasteiger partial charge is 0.355 e. The number of hydrogen-bond acceptors (Lipinski definition) is 5. The number of aryl methyl sites for hydroxylation is 1. The predicted molar refractivity (Wildman–Crippen MR) is 97.1 cm³/mol. The van der Waals surface area contributed by atoms with Crippen molar-refractivity contribution in [1.82, 2.24) is 14.8 Å². The summed E-state index contributed by atoms with van der Waals surface area (Å²) in [5, 5.41) is 2.89. The number of amides is 1. The normalized spacial score (nSPS) is 18.8. The molecule has 1 saturated heterocycles. The van der Waals surface area contributed by atoms with Gasteiger partial charge in [-0.1, -0.05) is 17.4 Å². The quantitative estimate of drug-likeness (QED) is 0.841. The van der Waals surface area contributed by atoms with Crippen molar-refractivity contribution < 1.29 is 4.79 Å². The Morgan fingerprint density at radius 1 is 1.46 bits per heavy atom. The summed E-state index contributed by atoms with van der Waals surface area (Å²) in [6.07, 6.45) is 1.97. The summed E-state index contributed by atoms with van der Waals surface area (Å²) in [5.41, 5.74) is 7.61. The smallest absolute Gasteiger partial charge is 0.307 e. The fourth-order valence-corrected chi connectivity index (χ4v) is 4.23. The molecule has 24 heavy (non-hydrogen) atoms. The van der Waals surface area contributed by atoms with Gasteiger partial charge < -0.3 is 15.6 Å². The zero-order valence-electron chi connectivity index (χ0n) is 14.0. The molecule has 0 spiro atoms. The molecule has 1 aromatic carbocycles. The minimum absolute atomic E-state index is 0.0433. The van der Waals surface area contributed by atoms with Gasteiger partial charge in [0.2, 0.25) is 5.91 Å². The number of aromatic nitrogens is 1. The summed E-state index contributed by atoms with van der Waals surface area (Å²) in [4.78, 5) is 26.3. The van der Waals surface area contributed by atoms with E-state index in [9.17, 15) is 9.59 Å². The van der Waals surface area contributed by atoms with Crippen molar-refractivity contribution in [3.05, 3.63) is 33.4 Å². The second-order valence-corrected chi connectivity index (χ2v) is 7.38. The van der Waals surface area contributed by atoms with Gasteiger partial charge in [-0.15, -0.1) is 0 Å². The molecule has 7 heteroatoms. The highest BCUT2D eigenvalue weighted by molar-refractivity contribution is 7.16. The van der Waals surface area contributed by atoms with Crippen molar-refractivity contribution >= 4 is 27.5 Å². The molecule has 0 bridgehead atoms. The first-order valence-corrected chi connectivity index (χ1v) is 9.18. The first-order valence-electron chi connectivity index (χ1n) is 8.37. The number of nitrogens with two attached hydrogens (primary N) is 1. The molecule has 1 aromatic heterocycles. The van der Waals surface area contributed by atoms with Gasteiger partial charge in [0.25, 0.3) is 0 Å². The minimum Gasteiger partial charge on any atom is -0.355 e. The Bertz CT molecular complexity index is 782. The second kappa shape index (κ2) is 7.46. The Morgan fingerprint density at radius 2 is 2.29 bits per heavy atom. The lowest BCUT2D eigenvalue weighted by Gasteiger charge is -2.32. The molecule has 2 aromatic rings. The monoisotopic (exact) mass is 348 g/mol. The number of rotatable bonds is 5. The Balaban J connectivity index is 1.67. The molecular formula is C17H24N4O2S. The third-order valence-corrected chi connectivity index (χ3v) is 5.58. The van der Waals surface area contributed by atoms with Crippen LogP contribution in [0.5, 0.6) is 0 Å². The Morgan fingerprint density at radius 3 is 3.08 bits per heavy atom. The number of nitrogens with one attached hydrogen (secondary N) is 1. The number of likely N-dealkylation sites (tertiary alicyclic amines) is 1. The van der Waals surface area contributed by atoms with Crippen LogP contribution in [0.4, 0.5) is 0 Å². The number of nitrogens with zero attached hydrogens (tertiary/aromatic N) is 2. The Hall–Kier alpha value is -1.70. The number of hydrogen-bond donors (Lipinski definition) is 2. The van der Waals surface area contributed by atoms with Crippen LogP contribution in [0.1, 0.15) is 18.4 Å². The molecule has 3 rings (SSSR count). The molecule has 2 heterocycles. The van der Waals surface area contributed by atoms with E-state index in [0.29, 0.717) is 13.1 Å². The van der Waals surface area contributed by atoms with E-state index in [2.05, 4.69) is 22.3 Å². The van der Waals surface area contributed by atoms with Gasteiger partial charge in [0.1, 0.15) is 0 Å². The predicted octanol–water partition coefficient (Wildman–Crippen LogP) is 0.887. The van der Waals surface area contributed by atoms with Crippen molar-refractivity contribution in [3.63, 3.8) is 0 Å². The molecule has 1 fully saturated rings. The van der Waals surface area contributed by atoms with Crippen LogP contribution in [0, 0.1) is 5.92 Å². The topological polar surface area (TPSA) is 80.4 Å². The van der Waals surface area contributed by atoms with E-state index in [1.165, 1.54) is 16.9 Å². The lowest BCUT2D eigenvalue weighted by molar-refractivity contribution is -0.126. The summed E-state index contributed by atoms with van der Waals surface area (Å²) in [6, 6.07) is 6.18. The number of piperidine rings is 1. The van der Waals surface area contributed by atoms with E-state index in [0.717, 1.165) is 42.7 Å². The lowest BCUT2D eigenvalue weighted by Crippen LogP contribution is -2.43. The van der Waals surface area contributed by atoms with Crippen LogP contribution in [0.3, 0.4) is 0 Å². The molecule has 1 unspecified atom stereocenters. The van der Waals surface area contributed by atoms with E-state index < -0.39 is 0 Å². The van der Waals surface area contributed by atoms with Crippen LogP contribution in [0.15, 0.2) is 23.0 Å². The van der Waals surface area contributed by atoms with Gasteiger partial charge in [-0.3, -0.25) is 14.5 Å². The highest BCUT2D eigenvalue weighted by Gasteiger charge is 2.25. The van der Waals surface area contributed by atoms with Crippen LogP contribution in [0.25, 0.3) is 10.2 Å². The molecule has 130 valence electrons. The zero-order chi connectivity index (χ0) is 17.1. The van der Waals surface area contributed by atoms with Crippen molar-refractivity contribution in [1.29, 1.82) is 0 Å². The van der Waals surface area contributed by atoms with E-state index in [4.69, 9.17) is 5.73 Å². The average Bonchev–Trinajstić information content (AvgIpc) is 2.87. The molecule has 1 amide bonds. The van der Waals surface area contributed by atoms with E-state index >= 15 is 0 Å². The fourth-order valence-electron chi connectivity index (χ4n) is 3.29. The van der Waals surface area contributed by atoms with Crippen molar-refractivity contribution in [2.75, 3.05) is 26.2 Å². The van der Waals surface area contributed by atoms with Crippen molar-refractivity contribution in [2.24, 2.45) is 18.7 Å². The first kappa shape index (κ1) is 17.1. The summed E-state index contributed by atoms with van der Waals surface area (Å²) >= 11 is 1.28. The molecule has 3 N–H and O–H groups in total. The SMILES string of the molecule is Cn1c(=O)sc2cc(CN3CCCC(C(=O)NCCN)C3)ccc21. The maximum Gasteiger partial charge on any atom is 0.307 e. The van der Waals surface area contributed by atoms with Crippen LogP contribution in [0.2, 0.25) is 0 Å². The van der Waals surface area contributed by atoms with Crippen LogP contribution in [-0.2, 0) is 18.4 Å². The molecule has 6 nitrogen and oxygen atoms in total. The number of carbonyl (C=O) groups is 1. The van der Waals surface area contributed by atoms with Crippen LogP contribution < -0.4 is 15.9 Å². The number of fused-ring (bicyclic) bond motifs is 1. The molecule has 0 saturated carbocycles. The maximum atomic E-state index is 12.1. The average molecular weight is 348 g/mol. The highest BCUT2D eigenvalue weighted by atomic mass is 32.1. The molecule has 1 atom stereocenters. The molecule has 0 radical (unpaired) electrons. The second-order valence-electron chi connectivity index (χ2n) is 6.38. The zero-order valence-corrected chi connectivity index (χ0v) is 14.8. The van der Waals surface area contributed by atoms with Gasteiger partial charge in [0.15, 0.2) is 0 Å². The Labute approximate surface area is 145 Å². The molecule has 1 aliphatic heterocycles. The van der Waals surface area contributed by atoms with E-state index in [1.54, 1.807) is 11.6 Å². The van der Waals surface area contributed by atoms with Gasteiger partial charge in [-0.05, 0) is 37.1 Å². The van der Waals surface area contributed by atoms with Crippen molar-refractivity contribution in [2.45, 2.75) is 19.4 Å². The number of thiazole rings is 1. The summed E-state index contributed by atoms with van der Waals surface area (Å²) < 4.78 is 2.71. The summed E-state index contributed by atoms with van der Waals surface area (Å²) in [5.74, 6) is 0.156. The standard InChI is InChI=1S/C17H24N4O2S/c1-20-14-5-4-12(9-15(14)24-17(20)23)10-21-8-2-3-13(11-21)16(22)19-7-6-18/h4-5,9,13H,2-3,6-8,10-11,18H2,1H3,(H,19,22). The molecular weight excluding hydrogens is 324 g/mol. The van der Waals surface area contributed by atoms with Crippen LogP contribution in [-0.4, -0.2) is 41.6 Å². The third-order valence-electron chi connectivity index (χ3n) is 4.58. The maximum absolute atomic E-state index is 12.1. The molecule has 0 aliphatic carbocycles. The van der Waals surface area contributed by atoms with Gasteiger partial charge in [-0.2, -0.15) is 0 Å². The van der Waals surface area contributed by atoms with Gasteiger partial charge in [0.05, 0.1) is 16.1 Å². The van der Waals surface area contributed by atoms with Gasteiger partial charge >= 0.3 is 4.87 Å². The minimum atomic E-state index is 0.0433. The summed E-state index contributed by atoms with van der Waals surface area (Å²) in [7, 11) is 1.80. The molecule has 1 aliphatic rings. The summed E-state index contributed by atoms with van der Waals surface area (Å²) in [6.45, 7) is 3.61. The van der Waals surface area contributed by atoms with E-state index in [-0.39, 0.29) is 16.7 Å².